The van der Waals surface area contributed by atoms with Gasteiger partial charge in [0.15, 0.2) is 6.10 Å². The third-order valence-corrected chi connectivity index (χ3v) is 3.01. The zero-order valence-electron chi connectivity index (χ0n) is 11.3. The molecule has 3 nitrogen and oxygen atoms in total. The molecule has 0 aromatic heterocycles. The summed E-state index contributed by atoms with van der Waals surface area (Å²) in [5, 5.41) is 11.2. The lowest BCUT2D eigenvalue weighted by atomic mass is 9.98. The minimum atomic E-state index is -0.465. The van der Waals surface area contributed by atoms with Gasteiger partial charge in [0.25, 0.3) is 0 Å². The zero-order chi connectivity index (χ0) is 13.8. The normalized spacial score (nSPS) is 13.8. The molecule has 2 N–H and O–H groups in total. The zero-order valence-corrected chi connectivity index (χ0v) is 11.3. The summed E-state index contributed by atoms with van der Waals surface area (Å²) in [4.78, 5) is 0. The Hall–Kier alpha value is -2.05. The summed E-state index contributed by atoms with van der Waals surface area (Å²) in [6.45, 7) is 3.71. The van der Waals surface area contributed by atoms with Crippen molar-refractivity contribution in [3.05, 3.63) is 42.0 Å². The van der Waals surface area contributed by atoms with Crippen LogP contribution in [0.15, 0.2) is 36.4 Å². The molecule has 2 aromatic carbocycles. The topological polar surface area (TPSA) is 59.0 Å². The predicted molar refractivity (Wildman–Crippen MR) is 77.0 cm³/mol. The highest BCUT2D eigenvalue weighted by Crippen LogP contribution is 2.29. The molecule has 3 heteroatoms. The molecular formula is C16H18N2O. The van der Waals surface area contributed by atoms with Crippen molar-refractivity contribution in [1.82, 2.24) is 0 Å². The molecule has 0 bridgehead atoms. The van der Waals surface area contributed by atoms with Gasteiger partial charge in [0, 0.05) is 11.6 Å². The smallest absolute Gasteiger partial charge is 0.181 e. The number of fused-ring (bicyclic) bond motifs is 1. The molecule has 0 aliphatic rings. The molecule has 0 radical (unpaired) electrons. The van der Waals surface area contributed by atoms with Crippen molar-refractivity contribution in [1.29, 1.82) is 5.26 Å². The molecular weight excluding hydrogens is 236 g/mol. The van der Waals surface area contributed by atoms with Crippen LogP contribution in [0, 0.1) is 11.3 Å². The Kier molecular flexibility index (Phi) is 4.03. The van der Waals surface area contributed by atoms with Gasteiger partial charge in [0.05, 0.1) is 0 Å². The summed E-state index contributed by atoms with van der Waals surface area (Å²) in [6, 6.07) is 14.2. The van der Waals surface area contributed by atoms with Gasteiger partial charge in [0.1, 0.15) is 11.8 Å². The van der Waals surface area contributed by atoms with Crippen molar-refractivity contribution in [3.8, 4) is 11.8 Å². The lowest BCUT2D eigenvalue weighted by Gasteiger charge is -2.16. The van der Waals surface area contributed by atoms with Gasteiger partial charge in [-0.05, 0) is 37.1 Å². The maximum Gasteiger partial charge on any atom is 0.181 e. The third kappa shape index (κ3) is 3.04. The van der Waals surface area contributed by atoms with Crippen LogP contribution < -0.4 is 10.5 Å². The van der Waals surface area contributed by atoms with Crippen LogP contribution in [0.2, 0.25) is 0 Å². The maximum absolute atomic E-state index is 8.88. The average molecular weight is 254 g/mol. The fraction of sp³-hybridized carbons (Fsp3) is 0.312. The summed E-state index contributed by atoms with van der Waals surface area (Å²) in [7, 11) is 0. The Morgan fingerprint density at radius 3 is 2.63 bits per heavy atom. The third-order valence-electron chi connectivity index (χ3n) is 3.01. The van der Waals surface area contributed by atoms with Crippen LogP contribution in [0.1, 0.15) is 19.4 Å². The summed E-state index contributed by atoms with van der Waals surface area (Å²) in [5.41, 5.74) is 7.01. The highest BCUT2D eigenvalue weighted by molar-refractivity contribution is 5.87. The number of benzene rings is 2. The van der Waals surface area contributed by atoms with E-state index in [0.717, 1.165) is 28.5 Å². The molecule has 0 aliphatic carbocycles. The molecule has 19 heavy (non-hydrogen) atoms. The first kappa shape index (κ1) is 13.4. The molecule has 2 unspecified atom stereocenters. The van der Waals surface area contributed by atoms with E-state index in [1.807, 2.05) is 31.2 Å². The van der Waals surface area contributed by atoms with Crippen LogP contribution in [-0.2, 0) is 6.42 Å². The Morgan fingerprint density at radius 2 is 1.95 bits per heavy atom. The summed E-state index contributed by atoms with van der Waals surface area (Å²) >= 11 is 0. The molecule has 98 valence electrons. The highest BCUT2D eigenvalue weighted by Gasteiger charge is 2.12. The second-order valence-corrected chi connectivity index (χ2v) is 4.83. The van der Waals surface area contributed by atoms with E-state index in [9.17, 15) is 0 Å². The average Bonchev–Trinajstić information content (AvgIpc) is 2.40. The largest absolute Gasteiger partial charge is 0.476 e. The van der Waals surface area contributed by atoms with Crippen LogP contribution in [-0.4, -0.2) is 12.1 Å². The number of nitrogens with zero attached hydrogens (tertiary/aromatic N) is 1. The summed E-state index contributed by atoms with van der Waals surface area (Å²) in [6.07, 6.45) is 0.266. The molecule has 0 spiro atoms. The van der Waals surface area contributed by atoms with Crippen molar-refractivity contribution in [2.45, 2.75) is 32.4 Å². The molecule has 0 aliphatic heterocycles. The monoisotopic (exact) mass is 254 g/mol. The highest BCUT2D eigenvalue weighted by atomic mass is 16.5. The van der Waals surface area contributed by atoms with Gasteiger partial charge in [-0.15, -0.1) is 0 Å². The van der Waals surface area contributed by atoms with Crippen LogP contribution >= 0.6 is 0 Å². The van der Waals surface area contributed by atoms with Gasteiger partial charge in [0.2, 0.25) is 0 Å². The molecule has 2 atom stereocenters. The molecule has 0 fully saturated rings. The minimum absolute atomic E-state index is 0.0468. The van der Waals surface area contributed by atoms with Gasteiger partial charge < -0.3 is 10.5 Å². The second kappa shape index (κ2) is 5.73. The van der Waals surface area contributed by atoms with Crippen LogP contribution in [0.5, 0.6) is 5.75 Å². The van der Waals surface area contributed by atoms with E-state index in [2.05, 4.69) is 18.2 Å². The van der Waals surface area contributed by atoms with Gasteiger partial charge in [-0.25, -0.2) is 0 Å². The van der Waals surface area contributed by atoms with Crippen molar-refractivity contribution in [2.24, 2.45) is 5.73 Å². The van der Waals surface area contributed by atoms with E-state index < -0.39 is 6.10 Å². The van der Waals surface area contributed by atoms with E-state index in [0.29, 0.717) is 0 Å². The van der Waals surface area contributed by atoms with Crippen LogP contribution in [0.3, 0.4) is 0 Å². The number of rotatable bonds is 4. The Balaban J connectivity index is 2.53. The quantitative estimate of drug-likeness (QED) is 0.912. The van der Waals surface area contributed by atoms with Gasteiger partial charge in [-0.2, -0.15) is 5.26 Å². The standard InChI is InChI=1S/C16H18N2O/c1-11(18)9-15-14-6-4-3-5-13(14)7-8-16(15)19-12(2)10-17/h3-8,11-12H,9,18H2,1-2H3. The summed E-state index contributed by atoms with van der Waals surface area (Å²) in [5.74, 6) is 0.755. The molecule has 0 amide bonds. The number of ether oxygens (including phenoxy) is 1. The van der Waals surface area contributed by atoms with Gasteiger partial charge in [-0.3, -0.25) is 0 Å². The van der Waals surface area contributed by atoms with Crippen molar-refractivity contribution >= 4 is 10.8 Å². The first-order valence-corrected chi connectivity index (χ1v) is 6.44. The van der Waals surface area contributed by atoms with E-state index in [1.54, 1.807) is 6.92 Å². The van der Waals surface area contributed by atoms with Gasteiger partial charge in [-0.1, -0.05) is 30.3 Å². The molecule has 0 saturated carbocycles. The first-order chi connectivity index (χ1) is 9.11. The molecule has 0 saturated heterocycles. The van der Waals surface area contributed by atoms with E-state index in [-0.39, 0.29) is 6.04 Å². The minimum Gasteiger partial charge on any atom is -0.476 e. The Morgan fingerprint density at radius 1 is 1.21 bits per heavy atom. The van der Waals surface area contributed by atoms with Crippen molar-refractivity contribution < 1.29 is 4.74 Å². The van der Waals surface area contributed by atoms with Crippen molar-refractivity contribution in [3.63, 3.8) is 0 Å². The fourth-order valence-corrected chi connectivity index (χ4v) is 2.18. The maximum atomic E-state index is 8.88. The lowest BCUT2D eigenvalue weighted by molar-refractivity contribution is 0.274. The molecule has 0 heterocycles. The molecule has 2 rings (SSSR count). The molecule has 2 aromatic rings. The Labute approximate surface area is 113 Å². The number of nitrogens with two attached hydrogens (primary N) is 1. The van der Waals surface area contributed by atoms with Gasteiger partial charge >= 0.3 is 0 Å². The number of hydrogen-bond donors (Lipinski definition) is 1. The lowest BCUT2D eigenvalue weighted by Crippen LogP contribution is -2.19. The number of nitriles is 1. The van der Waals surface area contributed by atoms with Crippen LogP contribution in [0.25, 0.3) is 10.8 Å². The fourth-order valence-electron chi connectivity index (χ4n) is 2.18. The SMILES string of the molecule is CC(N)Cc1c(OC(C)C#N)ccc2ccccc12. The van der Waals surface area contributed by atoms with E-state index >= 15 is 0 Å². The predicted octanol–water partition coefficient (Wildman–Crippen LogP) is 3.02. The van der Waals surface area contributed by atoms with Crippen LogP contribution in [0.4, 0.5) is 0 Å². The van der Waals surface area contributed by atoms with Crippen molar-refractivity contribution in [2.75, 3.05) is 0 Å². The van der Waals surface area contributed by atoms with E-state index in [1.165, 1.54) is 0 Å². The van der Waals surface area contributed by atoms with E-state index in [4.69, 9.17) is 15.7 Å². The second-order valence-electron chi connectivity index (χ2n) is 4.83. The Bertz CT molecular complexity index is 614. The summed E-state index contributed by atoms with van der Waals surface area (Å²) < 4.78 is 5.69. The first-order valence-electron chi connectivity index (χ1n) is 6.44. The number of hydrogen-bond acceptors (Lipinski definition) is 3.